The number of benzene rings is 2. The van der Waals surface area contributed by atoms with Gasteiger partial charge in [0.1, 0.15) is 0 Å². The fraction of sp³-hybridized carbons (Fsp3) is 0.200. The smallest absolute Gasteiger partial charge is 0.226 e. The minimum absolute atomic E-state index is 0.0890. The molecule has 2 rings (SSSR count). The van der Waals surface area contributed by atoms with Crippen LogP contribution in [-0.4, -0.2) is 24.1 Å². The molecule has 0 spiro atoms. The quantitative estimate of drug-likeness (QED) is 0.811. The number of nitrogens with zero attached hydrogens (tertiary/aromatic N) is 2. The van der Waals surface area contributed by atoms with Crippen LogP contribution in [0.25, 0.3) is 0 Å². The zero-order valence-corrected chi connectivity index (χ0v) is 14.7. The molecule has 2 aromatic carbocycles. The average molecular weight is 349 g/mol. The summed E-state index contributed by atoms with van der Waals surface area (Å²) in [6.07, 6.45) is 0.101. The lowest BCUT2D eigenvalue weighted by molar-refractivity contribution is -0.117. The van der Waals surface area contributed by atoms with Gasteiger partial charge < -0.3 is 10.2 Å². The van der Waals surface area contributed by atoms with Gasteiger partial charge in [0.05, 0.1) is 11.6 Å². The van der Waals surface area contributed by atoms with E-state index in [4.69, 9.17) is 5.26 Å². The number of nitriles is 1. The van der Waals surface area contributed by atoms with Crippen molar-refractivity contribution in [3.8, 4) is 6.07 Å². The third kappa shape index (κ3) is 5.02. The van der Waals surface area contributed by atoms with E-state index >= 15 is 0 Å². The predicted molar refractivity (Wildman–Crippen MR) is 98.9 cm³/mol. The largest absolute Gasteiger partial charge is 0.326 e. The highest BCUT2D eigenvalue weighted by Gasteiger charge is 2.14. The van der Waals surface area contributed by atoms with Crippen molar-refractivity contribution in [2.45, 2.75) is 20.3 Å². The first-order chi connectivity index (χ1) is 12.4. The number of nitrogens with one attached hydrogen (secondary N) is 1. The fourth-order valence-electron chi connectivity index (χ4n) is 2.43. The van der Waals surface area contributed by atoms with Gasteiger partial charge in [0.2, 0.25) is 11.8 Å². The summed E-state index contributed by atoms with van der Waals surface area (Å²) in [5.41, 5.74) is 2.19. The summed E-state index contributed by atoms with van der Waals surface area (Å²) in [5, 5.41) is 11.5. The van der Waals surface area contributed by atoms with E-state index in [9.17, 15) is 14.4 Å². The lowest BCUT2D eigenvalue weighted by Crippen LogP contribution is -2.32. The molecule has 0 saturated carbocycles. The molecule has 26 heavy (non-hydrogen) atoms. The van der Waals surface area contributed by atoms with Gasteiger partial charge in [-0.25, -0.2) is 0 Å². The molecule has 2 aromatic rings. The van der Waals surface area contributed by atoms with Crippen LogP contribution in [0.4, 0.5) is 11.4 Å². The molecule has 132 valence electrons. The van der Waals surface area contributed by atoms with Crippen LogP contribution in [-0.2, 0) is 9.59 Å². The van der Waals surface area contributed by atoms with Gasteiger partial charge in [0.15, 0.2) is 5.78 Å². The first kappa shape index (κ1) is 18.9. The Kier molecular flexibility index (Phi) is 6.23. The van der Waals surface area contributed by atoms with Crippen molar-refractivity contribution in [1.29, 1.82) is 5.26 Å². The molecular weight excluding hydrogens is 330 g/mol. The number of carbonyl (C=O) groups is 3. The molecule has 0 bridgehead atoms. The molecule has 0 heterocycles. The van der Waals surface area contributed by atoms with Gasteiger partial charge >= 0.3 is 0 Å². The molecule has 0 aliphatic heterocycles. The van der Waals surface area contributed by atoms with Gasteiger partial charge in [-0.15, -0.1) is 0 Å². The number of ketones is 1. The summed E-state index contributed by atoms with van der Waals surface area (Å²) in [4.78, 5) is 37.1. The zero-order valence-electron chi connectivity index (χ0n) is 14.7. The van der Waals surface area contributed by atoms with E-state index in [1.54, 1.807) is 48.5 Å². The minimum atomic E-state index is -0.247. The highest BCUT2D eigenvalue weighted by molar-refractivity contribution is 5.98. The Morgan fingerprint density at radius 3 is 2.35 bits per heavy atom. The van der Waals surface area contributed by atoms with E-state index in [-0.39, 0.29) is 30.6 Å². The van der Waals surface area contributed by atoms with Gasteiger partial charge in [0, 0.05) is 36.8 Å². The second-order valence-corrected chi connectivity index (χ2v) is 5.76. The molecule has 0 aliphatic carbocycles. The molecule has 0 radical (unpaired) electrons. The Hall–Kier alpha value is -3.46. The fourth-order valence-corrected chi connectivity index (χ4v) is 2.43. The number of anilines is 2. The number of Topliss-reactive ketones (excluding diaryl/α,β-unsaturated/α-hetero) is 1. The SMILES string of the molecule is CC(=O)c1cccc(N(CCC(=O)Nc2ccc(C#N)cc2)C(C)=O)c1. The van der Waals surface area contributed by atoms with E-state index in [1.807, 2.05) is 6.07 Å². The Morgan fingerprint density at radius 2 is 1.77 bits per heavy atom. The normalized spacial score (nSPS) is 9.88. The first-order valence-corrected chi connectivity index (χ1v) is 8.10. The van der Waals surface area contributed by atoms with Crippen molar-refractivity contribution < 1.29 is 14.4 Å². The molecular formula is C20H19N3O3. The summed E-state index contributed by atoms with van der Waals surface area (Å²) in [6.45, 7) is 3.07. The van der Waals surface area contributed by atoms with Crippen LogP contribution >= 0.6 is 0 Å². The lowest BCUT2D eigenvalue weighted by atomic mass is 10.1. The second kappa shape index (κ2) is 8.58. The number of hydrogen-bond donors (Lipinski definition) is 1. The molecule has 0 fully saturated rings. The summed E-state index contributed by atoms with van der Waals surface area (Å²) < 4.78 is 0. The Balaban J connectivity index is 2.02. The van der Waals surface area contributed by atoms with Gasteiger partial charge in [-0.05, 0) is 43.3 Å². The number of rotatable bonds is 6. The van der Waals surface area contributed by atoms with Crippen molar-refractivity contribution in [3.63, 3.8) is 0 Å². The van der Waals surface area contributed by atoms with E-state index in [1.165, 1.54) is 18.7 Å². The van der Waals surface area contributed by atoms with Crippen LogP contribution in [0.2, 0.25) is 0 Å². The molecule has 6 nitrogen and oxygen atoms in total. The molecule has 2 amide bonds. The van der Waals surface area contributed by atoms with Gasteiger partial charge in [-0.3, -0.25) is 14.4 Å². The molecule has 1 N–H and O–H groups in total. The van der Waals surface area contributed by atoms with Crippen LogP contribution in [0.1, 0.15) is 36.2 Å². The van der Waals surface area contributed by atoms with E-state index < -0.39 is 0 Å². The van der Waals surface area contributed by atoms with Crippen LogP contribution in [0.5, 0.6) is 0 Å². The second-order valence-electron chi connectivity index (χ2n) is 5.76. The third-order valence-electron chi connectivity index (χ3n) is 3.80. The zero-order chi connectivity index (χ0) is 19.1. The summed E-state index contributed by atoms with van der Waals surface area (Å²) in [6, 6.07) is 15.3. The molecule has 0 unspecified atom stereocenters. The molecule has 0 atom stereocenters. The predicted octanol–water partition coefficient (Wildman–Crippen LogP) is 3.14. The number of hydrogen-bond acceptors (Lipinski definition) is 4. The maximum absolute atomic E-state index is 12.1. The standard InChI is InChI=1S/C20H19N3O3/c1-14(24)17-4-3-5-19(12-17)23(15(2)25)11-10-20(26)22-18-8-6-16(13-21)7-9-18/h3-9,12H,10-11H2,1-2H3,(H,22,26). The Morgan fingerprint density at radius 1 is 1.08 bits per heavy atom. The number of amides is 2. The molecule has 0 saturated heterocycles. The van der Waals surface area contributed by atoms with Crippen LogP contribution < -0.4 is 10.2 Å². The molecule has 6 heteroatoms. The van der Waals surface area contributed by atoms with Crippen molar-refractivity contribution in [3.05, 3.63) is 59.7 Å². The maximum atomic E-state index is 12.1. The third-order valence-corrected chi connectivity index (χ3v) is 3.80. The maximum Gasteiger partial charge on any atom is 0.226 e. The topological polar surface area (TPSA) is 90.3 Å². The van der Waals surface area contributed by atoms with E-state index in [0.29, 0.717) is 22.5 Å². The monoisotopic (exact) mass is 349 g/mol. The molecule has 0 aliphatic rings. The van der Waals surface area contributed by atoms with Crippen molar-refractivity contribution in [2.24, 2.45) is 0 Å². The highest BCUT2D eigenvalue weighted by atomic mass is 16.2. The molecule has 0 aromatic heterocycles. The first-order valence-electron chi connectivity index (χ1n) is 8.10. The van der Waals surface area contributed by atoms with Crippen molar-refractivity contribution >= 4 is 29.0 Å². The van der Waals surface area contributed by atoms with Crippen molar-refractivity contribution in [2.75, 3.05) is 16.8 Å². The number of carbonyl (C=O) groups excluding carboxylic acids is 3. The summed E-state index contributed by atoms with van der Waals surface area (Å²) in [7, 11) is 0. The van der Waals surface area contributed by atoms with Gasteiger partial charge in [-0.2, -0.15) is 5.26 Å². The Labute approximate surface area is 152 Å². The van der Waals surface area contributed by atoms with Gasteiger partial charge in [0.25, 0.3) is 0 Å². The lowest BCUT2D eigenvalue weighted by Gasteiger charge is -2.21. The summed E-state index contributed by atoms with van der Waals surface area (Å²) in [5.74, 6) is -0.547. The van der Waals surface area contributed by atoms with E-state index in [2.05, 4.69) is 5.32 Å². The summed E-state index contributed by atoms with van der Waals surface area (Å²) >= 11 is 0. The van der Waals surface area contributed by atoms with Crippen molar-refractivity contribution in [1.82, 2.24) is 0 Å². The minimum Gasteiger partial charge on any atom is -0.326 e. The average Bonchev–Trinajstić information content (AvgIpc) is 2.62. The van der Waals surface area contributed by atoms with Crippen LogP contribution in [0, 0.1) is 11.3 Å². The highest BCUT2D eigenvalue weighted by Crippen LogP contribution is 2.18. The van der Waals surface area contributed by atoms with Crippen LogP contribution in [0.15, 0.2) is 48.5 Å². The Bertz CT molecular complexity index is 867. The van der Waals surface area contributed by atoms with Gasteiger partial charge in [-0.1, -0.05) is 12.1 Å². The van der Waals surface area contributed by atoms with E-state index in [0.717, 1.165) is 0 Å². The van der Waals surface area contributed by atoms with Crippen LogP contribution in [0.3, 0.4) is 0 Å².